The van der Waals surface area contributed by atoms with E-state index in [0.717, 1.165) is 29.7 Å². The third-order valence-electron chi connectivity index (χ3n) is 5.81. The maximum absolute atomic E-state index is 12.9. The largest absolute Gasteiger partial charge is 0.341 e. The Kier molecular flexibility index (Phi) is 5.60. The van der Waals surface area contributed by atoms with Crippen LogP contribution in [0.5, 0.6) is 0 Å². The first-order chi connectivity index (χ1) is 12.8. The van der Waals surface area contributed by atoms with Gasteiger partial charge in [0.15, 0.2) is 9.84 Å². The lowest BCUT2D eigenvalue weighted by Crippen LogP contribution is -2.42. The average Bonchev–Trinajstić information content (AvgIpc) is 3.21. The number of amides is 2. The highest BCUT2D eigenvalue weighted by Crippen LogP contribution is 2.33. The molecular formula is C20H28N2O4S. The Balaban J connectivity index is 1.79. The minimum absolute atomic E-state index is 0.0261. The van der Waals surface area contributed by atoms with E-state index in [4.69, 9.17) is 0 Å². The molecule has 0 aromatic heterocycles. The Bertz CT molecular complexity index is 827. The smallest absolute Gasteiger partial charge is 0.228 e. The molecule has 2 heterocycles. The maximum Gasteiger partial charge on any atom is 0.228 e. The number of benzene rings is 1. The van der Waals surface area contributed by atoms with Gasteiger partial charge in [-0.05, 0) is 30.4 Å². The van der Waals surface area contributed by atoms with Gasteiger partial charge in [-0.2, -0.15) is 0 Å². The fraction of sp³-hybridized carbons (Fsp3) is 0.600. The van der Waals surface area contributed by atoms with Crippen LogP contribution >= 0.6 is 0 Å². The van der Waals surface area contributed by atoms with E-state index < -0.39 is 15.8 Å². The first kappa shape index (κ1) is 19.9. The minimum atomic E-state index is -3.05. The molecule has 0 radical (unpaired) electrons. The van der Waals surface area contributed by atoms with Crippen LogP contribution in [0.3, 0.4) is 0 Å². The summed E-state index contributed by atoms with van der Waals surface area (Å²) < 4.78 is 23.4. The second-order valence-corrected chi connectivity index (χ2v) is 9.77. The van der Waals surface area contributed by atoms with Crippen molar-refractivity contribution in [1.82, 2.24) is 4.90 Å². The van der Waals surface area contributed by atoms with Gasteiger partial charge in [-0.15, -0.1) is 0 Å². The van der Waals surface area contributed by atoms with E-state index in [0.29, 0.717) is 13.0 Å². The molecule has 0 saturated carbocycles. The van der Waals surface area contributed by atoms with Crippen LogP contribution in [-0.4, -0.2) is 56.3 Å². The van der Waals surface area contributed by atoms with Crippen molar-refractivity contribution in [3.05, 3.63) is 29.3 Å². The summed E-state index contributed by atoms with van der Waals surface area (Å²) in [4.78, 5) is 29.0. The molecule has 2 fully saturated rings. The predicted octanol–water partition coefficient (Wildman–Crippen LogP) is 1.81. The molecule has 2 saturated heterocycles. The Morgan fingerprint density at radius 2 is 1.85 bits per heavy atom. The van der Waals surface area contributed by atoms with Gasteiger partial charge in [-0.3, -0.25) is 9.59 Å². The summed E-state index contributed by atoms with van der Waals surface area (Å²) in [5, 5.41) is 0. The molecule has 2 amide bonds. The lowest BCUT2D eigenvalue weighted by atomic mass is 10.0. The monoisotopic (exact) mass is 392 g/mol. The Morgan fingerprint density at radius 3 is 2.37 bits per heavy atom. The summed E-state index contributed by atoms with van der Waals surface area (Å²) in [5.41, 5.74) is 3.19. The van der Waals surface area contributed by atoms with Crippen molar-refractivity contribution in [3.8, 4) is 0 Å². The molecule has 2 aliphatic rings. The zero-order valence-corrected chi connectivity index (χ0v) is 17.1. The zero-order chi connectivity index (χ0) is 19.8. The molecule has 1 aromatic carbocycles. The van der Waals surface area contributed by atoms with Crippen molar-refractivity contribution >= 4 is 27.3 Å². The average molecular weight is 393 g/mol. The lowest BCUT2D eigenvalue weighted by Gasteiger charge is -2.27. The van der Waals surface area contributed by atoms with Gasteiger partial charge in [0.05, 0.1) is 17.4 Å². The van der Waals surface area contributed by atoms with E-state index >= 15 is 0 Å². The predicted molar refractivity (Wildman–Crippen MR) is 105 cm³/mol. The number of carbonyl (C=O) groups excluding carboxylic acids is 2. The van der Waals surface area contributed by atoms with E-state index in [1.54, 1.807) is 16.8 Å². The second-order valence-electron chi connectivity index (χ2n) is 7.54. The molecule has 7 heteroatoms. The van der Waals surface area contributed by atoms with Crippen molar-refractivity contribution in [1.29, 1.82) is 0 Å². The number of sulfone groups is 1. The van der Waals surface area contributed by atoms with Gasteiger partial charge >= 0.3 is 0 Å². The van der Waals surface area contributed by atoms with Crippen molar-refractivity contribution in [2.45, 2.75) is 45.6 Å². The SMILES string of the molecule is CCc1cccc(CC)c1N1CC(C(=O)N(C)C2CCS(=O)(=O)C2)CC1=O. The number of carbonyl (C=O) groups is 2. The van der Waals surface area contributed by atoms with Crippen LogP contribution in [0.4, 0.5) is 5.69 Å². The molecule has 2 atom stereocenters. The van der Waals surface area contributed by atoms with Gasteiger partial charge in [-0.25, -0.2) is 8.42 Å². The van der Waals surface area contributed by atoms with Crippen LogP contribution in [0.2, 0.25) is 0 Å². The molecule has 148 valence electrons. The first-order valence-corrected chi connectivity index (χ1v) is 11.5. The molecule has 0 bridgehead atoms. The van der Waals surface area contributed by atoms with E-state index in [9.17, 15) is 18.0 Å². The Labute approximate surface area is 161 Å². The van der Waals surface area contributed by atoms with E-state index in [1.165, 1.54) is 0 Å². The molecule has 1 aromatic rings. The topological polar surface area (TPSA) is 74.8 Å². The van der Waals surface area contributed by atoms with Crippen LogP contribution in [0.1, 0.15) is 37.8 Å². The van der Waals surface area contributed by atoms with Crippen LogP contribution < -0.4 is 4.90 Å². The standard InChI is InChI=1S/C20H28N2O4S/c1-4-14-7-6-8-15(5-2)19(14)22-12-16(11-18(22)23)20(24)21(3)17-9-10-27(25,26)13-17/h6-8,16-17H,4-5,9-13H2,1-3H3. The van der Waals surface area contributed by atoms with Gasteiger partial charge in [0.1, 0.15) is 0 Å². The van der Waals surface area contributed by atoms with Crippen molar-refractivity contribution in [2.24, 2.45) is 5.92 Å². The molecule has 27 heavy (non-hydrogen) atoms. The zero-order valence-electron chi connectivity index (χ0n) is 16.3. The molecular weight excluding hydrogens is 364 g/mol. The minimum Gasteiger partial charge on any atom is -0.341 e. The third-order valence-corrected chi connectivity index (χ3v) is 7.56. The van der Waals surface area contributed by atoms with Crippen LogP contribution in [-0.2, 0) is 32.3 Å². The summed E-state index contributed by atoms with van der Waals surface area (Å²) in [6.45, 7) is 4.50. The Hall–Kier alpha value is -1.89. The van der Waals surface area contributed by atoms with Gasteiger partial charge < -0.3 is 9.80 Å². The molecule has 3 rings (SSSR count). The third kappa shape index (κ3) is 3.88. The highest BCUT2D eigenvalue weighted by atomic mass is 32.2. The normalized spacial score (nSPS) is 24.4. The Morgan fingerprint density at radius 1 is 1.22 bits per heavy atom. The van der Waals surface area contributed by atoms with Crippen LogP contribution in [0.15, 0.2) is 18.2 Å². The van der Waals surface area contributed by atoms with E-state index in [-0.39, 0.29) is 35.8 Å². The fourth-order valence-corrected chi connectivity index (χ4v) is 5.97. The number of hydrogen-bond acceptors (Lipinski definition) is 4. The number of rotatable bonds is 5. The molecule has 2 aliphatic heterocycles. The molecule has 2 unspecified atom stereocenters. The molecule has 0 spiro atoms. The summed E-state index contributed by atoms with van der Waals surface area (Å²) in [5.74, 6) is -0.413. The summed E-state index contributed by atoms with van der Waals surface area (Å²) in [7, 11) is -1.39. The number of aryl methyl sites for hydroxylation is 2. The number of nitrogens with zero attached hydrogens (tertiary/aromatic N) is 2. The summed E-state index contributed by atoms with van der Waals surface area (Å²) >= 11 is 0. The molecule has 0 N–H and O–H groups in total. The number of anilines is 1. The van der Waals surface area contributed by atoms with Gasteiger partial charge in [0.2, 0.25) is 11.8 Å². The van der Waals surface area contributed by atoms with E-state index in [2.05, 4.69) is 13.8 Å². The fourth-order valence-electron chi connectivity index (χ4n) is 4.20. The number of para-hydroxylation sites is 1. The summed E-state index contributed by atoms with van der Waals surface area (Å²) in [6.07, 6.45) is 2.31. The quantitative estimate of drug-likeness (QED) is 0.766. The highest BCUT2D eigenvalue weighted by molar-refractivity contribution is 7.91. The highest BCUT2D eigenvalue weighted by Gasteiger charge is 2.41. The second kappa shape index (κ2) is 7.62. The van der Waals surface area contributed by atoms with Gasteiger partial charge in [0, 0.05) is 31.7 Å². The summed E-state index contributed by atoms with van der Waals surface area (Å²) in [6, 6.07) is 5.80. The molecule has 6 nitrogen and oxygen atoms in total. The van der Waals surface area contributed by atoms with Crippen molar-refractivity contribution in [2.75, 3.05) is 30.0 Å². The van der Waals surface area contributed by atoms with Crippen molar-refractivity contribution in [3.63, 3.8) is 0 Å². The lowest BCUT2D eigenvalue weighted by molar-refractivity contribution is -0.136. The van der Waals surface area contributed by atoms with Crippen LogP contribution in [0, 0.1) is 5.92 Å². The maximum atomic E-state index is 12.9. The number of hydrogen-bond donors (Lipinski definition) is 0. The first-order valence-electron chi connectivity index (χ1n) is 9.65. The van der Waals surface area contributed by atoms with Gasteiger partial charge in [-0.1, -0.05) is 32.0 Å². The van der Waals surface area contributed by atoms with E-state index in [1.807, 2.05) is 18.2 Å². The molecule has 0 aliphatic carbocycles. The van der Waals surface area contributed by atoms with Gasteiger partial charge in [0.25, 0.3) is 0 Å². The van der Waals surface area contributed by atoms with Crippen LogP contribution in [0.25, 0.3) is 0 Å². The van der Waals surface area contributed by atoms with Crippen molar-refractivity contribution < 1.29 is 18.0 Å².